The zero-order chi connectivity index (χ0) is 17.7. The van der Waals surface area contributed by atoms with Gasteiger partial charge in [-0.05, 0) is 39.3 Å². The van der Waals surface area contributed by atoms with Gasteiger partial charge in [0, 0.05) is 24.2 Å². The highest BCUT2D eigenvalue weighted by Gasteiger charge is 2.23. The first-order chi connectivity index (χ1) is 11.4. The molecule has 2 aromatic carbocycles. The molecule has 0 aromatic heterocycles. The van der Waals surface area contributed by atoms with Crippen molar-refractivity contribution in [2.24, 2.45) is 0 Å². The maximum absolute atomic E-state index is 12.8. The maximum Gasteiger partial charge on any atom is 0.233 e. The smallest absolute Gasteiger partial charge is 0.233 e. The highest BCUT2D eigenvalue weighted by molar-refractivity contribution is 6.49. The molecule has 4 heteroatoms. The fourth-order valence-corrected chi connectivity index (χ4v) is 2.69. The third-order valence-electron chi connectivity index (χ3n) is 3.70. The number of hydrogen-bond donors (Lipinski definition) is 0. The molecule has 0 bridgehead atoms. The Morgan fingerprint density at radius 2 is 1.00 bits per heavy atom. The van der Waals surface area contributed by atoms with Crippen LogP contribution in [-0.2, 0) is 13.1 Å². The number of carbonyl (C=O) groups is 2. The molecule has 0 heterocycles. The summed E-state index contributed by atoms with van der Waals surface area (Å²) in [6.07, 6.45) is 0. The van der Waals surface area contributed by atoms with Gasteiger partial charge < -0.3 is 9.80 Å². The van der Waals surface area contributed by atoms with Crippen LogP contribution in [0.3, 0.4) is 0 Å². The van der Waals surface area contributed by atoms with Crippen LogP contribution in [0.4, 0.5) is 0 Å². The first-order valence-electron chi connectivity index (χ1n) is 7.94. The molecule has 2 rings (SSSR count). The number of rotatable bonds is 7. The third-order valence-corrected chi connectivity index (χ3v) is 3.70. The number of Topliss-reactive ketones (excluding diaryl/α,β-unsaturated/α-hetero) is 2. The normalized spacial score (nSPS) is 11.1. The maximum atomic E-state index is 12.8. The molecule has 0 unspecified atom stereocenters. The lowest BCUT2D eigenvalue weighted by molar-refractivity contribution is 0.0815. The van der Waals surface area contributed by atoms with Crippen LogP contribution in [-0.4, -0.2) is 49.6 Å². The summed E-state index contributed by atoms with van der Waals surface area (Å²) < 4.78 is 0. The monoisotopic (exact) mass is 324 g/mol. The fourth-order valence-electron chi connectivity index (χ4n) is 2.69. The van der Waals surface area contributed by atoms with E-state index < -0.39 is 11.6 Å². The van der Waals surface area contributed by atoms with Gasteiger partial charge in [0.25, 0.3) is 0 Å². The first-order valence-corrected chi connectivity index (χ1v) is 7.94. The number of carbonyl (C=O) groups excluding carboxylic acids is 2. The van der Waals surface area contributed by atoms with Gasteiger partial charge in [-0.3, -0.25) is 9.59 Å². The minimum absolute atomic E-state index is 0.446. The lowest BCUT2D eigenvalue weighted by Gasteiger charge is -2.15. The van der Waals surface area contributed by atoms with Crippen molar-refractivity contribution in [2.75, 3.05) is 28.2 Å². The molecule has 0 atom stereocenters. The largest absolute Gasteiger partial charge is 0.305 e. The minimum atomic E-state index is -0.446. The van der Waals surface area contributed by atoms with Crippen LogP contribution < -0.4 is 0 Å². The predicted molar refractivity (Wildman–Crippen MR) is 96.3 cm³/mol. The van der Waals surface area contributed by atoms with Crippen LogP contribution in [0.1, 0.15) is 31.8 Å². The van der Waals surface area contributed by atoms with E-state index in [1.54, 1.807) is 24.3 Å². The van der Waals surface area contributed by atoms with E-state index >= 15 is 0 Å². The lowest BCUT2D eigenvalue weighted by Crippen LogP contribution is -2.21. The van der Waals surface area contributed by atoms with E-state index in [0.29, 0.717) is 24.2 Å². The average Bonchev–Trinajstić information content (AvgIpc) is 2.53. The van der Waals surface area contributed by atoms with E-state index in [-0.39, 0.29) is 0 Å². The van der Waals surface area contributed by atoms with Gasteiger partial charge >= 0.3 is 0 Å². The quantitative estimate of drug-likeness (QED) is 0.580. The van der Waals surface area contributed by atoms with E-state index in [1.165, 1.54) is 0 Å². The van der Waals surface area contributed by atoms with Gasteiger partial charge in [0.2, 0.25) is 11.6 Å². The van der Waals surface area contributed by atoms with Crippen molar-refractivity contribution in [1.82, 2.24) is 9.80 Å². The summed E-state index contributed by atoms with van der Waals surface area (Å²) in [5.41, 5.74) is 2.70. The van der Waals surface area contributed by atoms with Gasteiger partial charge in [-0.25, -0.2) is 0 Å². The fraction of sp³-hybridized carbons (Fsp3) is 0.300. The molecule has 2 aromatic rings. The van der Waals surface area contributed by atoms with Crippen LogP contribution in [0.2, 0.25) is 0 Å². The van der Waals surface area contributed by atoms with Gasteiger partial charge in [0.1, 0.15) is 0 Å². The molecule has 0 N–H and O–H groups in total. The van der Waals surface area contributed by atoms with Crippen molar-refractivity contribution in [2.45, 2.75) is 13.1 Å². The Morgan fingerprint density at radius 1 is 0.667 bits per heavy atom. The summed E-state index contributed by atoms with van der Waals surface area (Å²) in [5, 5.41) is 0. The number of nitrogens with zero attached hydrogens (tertiary/aromatic N) is 2. The van der Waals surface area contributed by atoms with Gasteiger partial charge in [0.05, 0.1) is 0 Å². The van der Waals surface area contributed by atoms with Crippen molar-refractivity contribution in [3.8, 4) is 0 Å². The number of hydrogen-bond acceptors (Lipinski definition) is 4. The molecule has 0 aliphatic heterocycles. The van der Waals surface area contributed by atoms with E-state index in [2.05, 4.69) is 0 Å². The lowest BCUT2D eigenvalue weighted by atomic mass is 9.94. The molecular formula is C20H24N2O2. The Balaban J connectivity index is 2.36. The highest BCUT2D eigenvalue weighted by atomic mass is 16.2. The molecule has 4 nitrogen and oxygen atoms in total. The van der Waals surface area contributed by atoms with Crippen LogP contribution in [0.15, 0.2) is 48.5 Å². The van der Waals surface area contributed by atoms with Crippen molar-refractivity contribution in [1.29, 1.82) is 0 Å². The second kappa shape index (κ2) is 7.99. The summed E-state index contributed by atoms with van der Waals surface area (Å²) in [6, 6.07) is 14.6. The molecule has 0 saturated carbocycles. The van der Waals surface area contributed by atoms with Crippen LogP contribution >= 0.6 is 0 Å². The van der Waals surface area contributed by atoms with Crippen molar-refractivity contribution < 1.29 is 9.59 Å². The summed E-state index contributed by atoms with van der Waals surface area (Å²) in [6.45, 7) is 1.24. The number of ketones is 2. The molecule has 24 heavy (non-hydrogen) atoms. The summed E-state index contributed by atoms with van der Waals surface area (Å²) >= 11 is 0. The van der Waals surface area contributed by atoms with Crippen LogP contribution in [0, 0.1) is 0 Å². The van der Waals surface area contributed by atoms with Crippen molar-refractivity contribution in [3.63, 3.8) is 0 Å². The Hall–Kier alpha value is -2.30. The van der Waals surface area contributed by atoms with Crippen molar-refractivity contribution in [3.05, 3.63) is 70.8 Å². The molecule has 0 amide bonds. The zero-order valence-electron chi connectivity index (χ0n) is 14.7. The SMILES string of the molecule is CN(C)Cc1ccccc1C(=O)C(=O)c1ccccc1CN(C)C. The van der Waals surface area contributed by atoms with Gasteiger partial charge in [-0.1, -0.05) is 48.5 Å². The van der Waals surface area contributed by atoms with Crippen LogP contribution in [0.25, 0.3) is 0 Å². The Labute approximate surface area is 143 Å². The number of benzene rings is 2. The molecule has 0 spiro atoms. The molecule has 126 valence electrons. The summed E-state index contributed by atoms with van der Waals surface area (Å²) in [4.78, 5) is 29.6. The second-order valence-corrected chi connectivity index (χ2v) is 6.45. The highest BCUT2D eigenvalue weighted by Crippen LogP contribution is 2.17. The predicted octanol–water partition coefficient (Wildman–Crippen LogP) is 2.88. The third kappa shape index (κ3) is 4.37. The first kappa shape index (κ1) is 18.0. The molecule has 0 aliphatic carbocycles. The second-order valence-electron chi connectivity index (χ2n) is 6.45. The molecule has 0 fully saturated rings. The summed E-state index contributed by atoms with van der Waals surface area (Å²) in [5.74, 6) is -0.891. The minimum Gasteiger partial charge on any atom is -0.305 e. The topological polar surface area (TPSA) is 40.6 Å². The Kier molecular flexibility index (Phi) is 6.01. The van der Waals surface area contributed by atoms with Crippen molar-refractivity contribution >= 4 is 11.6 Å². The van der Waals surface area contributed by atoms with Crippen LogP contribution in [0.5, 0.6) is 0 Å². The Morgan fingerprint density at radius 3 is 1.33 bits per heavy atom. The van der Waals surface area contributed by atoms with E-state index in [4.69, 9.17) is 0 Å². The molecular weight excluding hydrogens is 300 g/mol. The standard InChI is InChI=1S/C20H24N2O2/c1-21(2)13-15-9-5-7-11-17(15)19(23)20(24)18-12-8-6-10-16(18)14-22(3)4/h5-12H,13-14H2,1-4H3. The average molecular weight is 324 g/mol. The van der Waals surface area contributed by atoms with E-state index in [0.717, 1.165) is 11.1 Å². The van der Waals surface area contributed by atoms with Gasteiger partial charge in [-0.2, -0.15) is 0 Å². The van der Waals surface area contributed by atoms with Gasteiger partial charge in [-0.15, -0.1) is 0 Å². The zero-order valence-corrected chi connectivity index (χ0v) is 14.7. The molecule has 0 saturated heterocycles. The van der Waals surface area contributed by atoms with Gasteiger partial charge in [0.15, 0.2) is 0 Å². The molecule has 0 radical (unpaired) electrons. The summed E-state index contributed by atoms with van der Waals surface area (Å²) in [7, 11) is 7.76. The van der Waals surface area contributed by atoms with E-state index in [1.807, 2.05) is 62.3 Å². The Bertz CT molecular complexity index is 672. The molecule has 0 aliphatic rings. The van der Waals surface area contributed by atoms with E-state index in [9.17, 15) is 9.59 Å².